The van der Waals surface area contributed by atoms with Crippen molar-refractivity contribution in [2.24, 2.45) is 0 Å². The van der Waals surface area contributed by atoms with E-state index in [1.807, 2.05) is 41.9 Å². The third kappa shape index (κ3) is 4.96. The van der Waals surface area contributed by atoms with E-state index in [4.69, 9.17) is 4.74 Å². The van der Waals surface area contributed by atoms with Crippen LogP contribution in [-0.2, 0) is 4.79 Å². The minimum Gasteiger partial charge on any atom is -0.483 e. The molecular formula is C20H21N3O3S2. The van der Waals surface area contributed by atoms with Crippen molar-refractivity contribution in [1.82, 2.24) is 15.8 Å². The topological polar surface area (TPSA) is 80.3 Å². The molecule has 146 valence electrons. The Morgan fingerprint density at radius 3 is 2.71 bits per heavy atom. The highest BCUT2D eigenvalue weighted by molar-refractivity contribution is 7.14. The highest BCUT2D eigenvalue weighted by Crippen LogP contribution is 2.27. The fourth-order valence-corrected chi connectivity index (χ4v) is 4.02. The van der Waals surface area contributed by atoms with Crippen LogP contribution < -0.4 is 15.6 Å². The summed E-state index contributed by atoms with van der Waals surface area (Å²) in [7, 11) is 0. The third-order valence-corrected chi connectivity index (χ3v) is 5.54. The molecule has 0 fully saturated rings. The largest absolute Gasteiger partial charge is 0.483 e. The van der Waals surface area contributed by atoms with Crippen molar-refractivity contribution in [3.8, 4) is 16.3 Å². The zero-order valence-corrected chi connectivity index (χ0v) is 17.4. The first kappa shape index (κ1) is 20.0. The molecule has 0 aliphatic carbocycles. The number of nitrogens with zero attached hydrogens (tertiary/aromatic N) is 1. The fraction of sp³-hybridized carbons (Fsp3) is 0.250. The molecule has 2 heterocycles. The van der Waals surface area contributed by atoms with Gasteiger partial charge in [-0.3, -0.25) is 20.4 Å². The van der Waals surface area contributed by atoms with Crippen LogP contribution in [-0.4, -0.2) is 23.4 Å². The molecule has 2 amide bonds. The maximum Gasteiger partial charge on any atom is 0.289 e. The van der Waals surface area contributed by atoms with Gasteiger partial charge in [0.05, 0.1) is 0 Å². The van der Waals surface area contributed by atoms with Crippen LogP contribution in [0, 0.1) is 6.92 Å². The number of benzene rings is 1. The van der Waals surface area contributed by atoms with Crippen molar-refractivity contribution in [1.29, 1.82) is 0 Å². The summed E-state index contributed by atoms with van der Waals surface area (Å²) in [5.74, 6) is 0.0409. The Morgan fingerprint density at radius 2 is 2.00 bits per heavy atom. The van der Waals surface area contributed by atoms with E-state index in [-0.39, 0.29) is 18.2 Å². The lowest BCUT2D eigenvalue weighted by Gasteiger charge is -2.14. The highest BCUT2D eigenvalue weighted by atomic mass is 32.1. The van der Waals surface area contributed by atoms with Gasteiger partial charge in [-0.2, -0.15) is 11.3 Å². The number of carbonyl (C=O) groups is 2. The van der Waals surface area contributed by atoms with E-state index < -0.39 is 11.8 Å². The zero-order chi connectivity index (χ0) is 20.1. The van der Waals surface area contributed by atoms with Gasteiger partial charge >= 0.3 is 0 Å². The smallest absolute Gasteiger partial charge is 0.289 e. The Kier molecular flexibility index (Phi) is 6.43. The van der Waals surface area contributed by atoms with Crippen LogP contribution >= 0.6 is 22.7 Å². The van der Waals surface area contributed by atoms with Gasteiger partial charge in [-0.05, 0) is 41.5 Å². The minimum absolute atomic E-state index is 0.194. The molecule has 0 saturated carbocycles. The Balaban J connectivity index is 1.52. The number of rotatable bonds is 6. The van der Waals surface area contributed by atoms with Gasteiger partial charge in [-0.15, -0.1) is 11.3 Å². The van der Waals surface area contributed by atoms with Crippen LogP contribution in [0.15, 0.2) is 40.4 Å². The predicted molar refractivity (Wildman–Crippen MR) is 112 cm³/mol. The number of thiophene rings is 1. The first-order chi connectivity index (χ1) is 13.4. The molecule has 0 aliphatic heterocycles. The minimum atomic E-state index is -0.468. The van der Waals surface area contributed by atoms with E-state index in [9.17, 15) is 9.59 Å². The van der Waals surface area contributed by atoms with Crippen LogP contribution in [0.2, 0.25) is 0 Å². The van der Waals surface area contributed by atoms with Gasteiger partial charge in [-0.1, -0.05) is 26.0 Å². The molecule has 0 unspecified atom stereocenters. The summed E-state index contributed by atoms with van der Waals surface area (Å²) in [5, 5.41) is 6.35. The molecule has 0 spiro atoms. The summed E-state index contributed by atoms with van der Waals surface area (Å²) < 4.78 is 5.66. The van der Waals surface area contributed by atoms with Gasteiger partial charge in [0.1, 0.15) is 16.5 Å². The van der Waals surface area contributed by atoms with Crippen molar-refractivity contribution in [2.45, 2.75) is 26.7 Å². The van der Waals surface area contributed by atoms with E-state index in [1.54, 1.807) is 16.7 Å². The number of hydrazine groups is 1. The summed E-state index contributed by atoms with van der Waals surface area (Å²) in [5.41, 5.74) is 8.05. The monoisotopic (exact) mass is 415 g/mol. The molecule has 3 rings (SSSR count). The average Bonchev–Trinajstić information content (AvgIpc) is 3.35. The standard InChI is InChI=1S/C20H21N3O3S2/c1-12(2)15-5-4-13(3)8-17(15)26-9-18(24)22-23-19(25)16-11-28-20(21-16)14-6-7-27-10-14/h4-8,10-12H,9H2,1-3H3,(H,22,24)(H,23,25). The number of hydrogen-bond acceptors (Lipinski definition) is 6. The number of nitrogens with one attached hydrogen (secondary N) is 2. The van der Waals surface area contributed by atoms with Gasteiger partial charge in [0.15, 0.2) is 6.61 Å². The van der Waals surface area contributed by atoms with Gasteiger partial charge in [-0.25, -0.2) is 4.98 Å². The molecule has 2 aromatic heterocycles. The molecule has 8 heteroatoms. The molecule has 0 radical (unpaired) electrons. The van der Waals surface area contributed by atoms with Gasteiger partial charge in [0, 0.05) is 16.3 Å². The highest BCUT2D eigenvalue weighted by Gasteiger charge is 2.14. The second-order valence-electron chi connectivity index (χ2n) is 6.54. The van der Waals surface area contributed by atoms with Crippen LogP contribution in [0.5, 0.6) is 5.75 Å². The maximum absolute atomic E-state index is 12.2. The number of carbonyl (C=O) groups excluding carboxylic acids is 2. The number of ether oxygens (including phenoxy) is 1. The lowest BCUT2D eigenvalue weighted by molar-refractivity contribution is -0.123. The fourth-order valence-electron chi connectivity index (χ4n) is 2.51. The molecule has 28 heavy (non-hydrogen) atoms. The normalized spacial score (nSPS) is 10.7. The second kappa shape index (κ2) is 8.99. The molecule has 0 bridgehead atoms. The molecule has 6 nitrogen and oxygen atoms in total. The lowest BCUT2D eigenvalue weighted by Crippen LogP contribution is -2.44. The van der Waals surface area contributed by atoms with Crippen LogP contribution in [0.4, 0.5) is 0 Å². The molecule has 0 atom stereocenters. The third-order valence-electron chi connectivity index (χ3n) is 3.97. The summed E-state index contributed by atoms with van der Waals surface area (Å²) in [4.78, 5) is 28.5. The lowest BCUT2D eigenvalue weighted by atomic mass is 10.0. The summed E-state index contributed by atoms with van der Waals surface area (Å²) in [6.45, 7) is 5.90. The van der Waals surface area contributed by atoms with Gasteiger partial charge in [0.25, 0.3) is 11.8 Å². The first-order valence-electron chi connectivity index (χ1n) is 8.74. The van der Waals surface area contributed by atoms with Crippen molar-refractivity contribution in [2.75, 3.05) is 6.61 Å². The van der Waals surface area contributed by atoms with Crippen LogP contribution in [0.25, 0.3) is 10.6 Å². The van der Waals surface area contributed by atoms with Crippen molar-refractivity contribution in [3.63, 3.8) is 0 Å². The number of amides is 2. The van der Waals surface area contributed by atoms with Gasteiger partial charge in [0.2, 0.25) is 0 Å². The average molecular weight is 416 g/mol. The molecule has 3 aromatic rings. The first-order valence-corrected chi connectivity index (χ1v) is 10.6. The zero-order valence-electron chi connectivity index (χ0n) is 15.8. The van der Waals surface area contributed by atoms with Crippen molar-refractivity contribution in [3.05, 3.63) is 57.2 Å². The number of aryl methyl sites for hydroxylation is 1. The molecule has 2 N–H and O–H groups in total. The summed E-state index contributed by atoms with van der Waals surface area (Å²) in [6, 6.07) is 7.87. The summed E-state index contributed by atoms with van der Waals surface area (Å²) in [6.07, 6.45) is 0. The van der Waals surface area contributed by atoms with E-state index in [0.717, 1.165) is 21.7 Å². The maximum atomic E-state index is 12.2. The molecule has 1 aromatic carbocycles. The molecule has 0 aliphatic rings. The molecular weight excluding hydrogens is 394 g/mol. The Labute approximate surface area is 171 Å². The Bertz CT molecular complexity index is 965. The van der Waals surface area contributed by atoms with Crippen molar-refractivity contribution < 1.29 is 14.3 Å². The Hall–Kier alpha value is -2.71. The van der Waals surface area contributed by atoms with Crippen LogP contribution in [0.3, 0.4) is 0 Å². The van der Waals surface area contributed by atoms with Gasteiger partial charge < -0.3 is 4.74 Å². The Morgan fingerprint density at radius 1 is 1.18 bits per heavy atom. The van der Waals surface area contributed by atoms with Crippen molar-refractivity contribution >= 4 is 34.5 Å². The molecule has 0 saturated heterocycles. The second-order valence-corrected chi connectivity index (χ2v) is 8.18. The summed E-state index contributed by atoms with van der Waals surface area (Å²) >= 11 is 2.95. The van der Waals surface area contributed by atoms with E-state index in [0.29, 0.717) is 5.75 Å². The van der Waals surface area contributed by atoms with E-state index in [1.165, 1.54) is 11.3 Å². The number of thiazole rings is 1. The predicted octanol–water partition coefficient (Wildman–Crippen LogP) is 4.14. The SMILES string of the molecule is Cc1ccc(C(C)C)c(OCC(=O)NNC(=O)c2csc(-c3ccsc3)n2)c1. The van der Waals surface area contributed by atoms with E-state index in [2.05, 4.69) is 29.7 Å². The quantitative estimate of drug-likeness (QED) is 0.593. The van der Waals surface area contributed by atoms with Crippen LogP contribution in [0.1, 0.15) is 41.4 Å². The van der Waals surface area contributed by atoms with E-state index >= 15 is 0 Å². The number of aromatic nitrogens is 1. The number of hydrogen-bond donors (Lipinski definition) is 2.